The van der Waals surface area contributed by atoms with E-state index in [9.17, 15) is 14.4 Å². The second-order valence-electron chi connectivity index (χ2n) is 29.1. The van der Waals surface area contributed by atoms with Gasteiger partial charge in [0.05, 0.1) is 29.9 Å². The van der Waals surface area contributed by atoms with E-state index < -0.39 is 0 Å². The Morgan fingerprint density at radius 1 is 0.622 bits per heavy atom. The Bertz CT molecular complexity index is 2760. The van der Waals surface area contributed by atoms with Gasteiger partial charge < -0.3 is 30.2 Å². The van der Waals surface area contributed by atoms with Crippen LogP contribution in [0.5, 0.6) is 0 Å². The molecule has 5 heterocycles. The molecule has 11 rings (SSSR count). The number of nitrogens with zero attached hydrogens (tertiary/aromatic N) is 6. The number of aromatic nitrogens is 2. The lowest BCUT2D eigenvalue weighted by atomic mass is 9.63. The Kier molecular flexibility index (Phi) is 20.0. The maximum atomic E-state index is 12.7. The lowest BCUT2D eigenvalue weighted by Crippen LogP contribution is -2.48. The van der Waals surface area contributed by atoms with Crippen LogP contribution in [0.2, 0.25) is 0 Å². The van der Waals surface area contributed by atoms with Gasteiger partial charge in [-0.2, -0.15) is 5.10 Å². The molecule has 0 saturated carbocycles. The van der Waals surface area contributed by atoms with E-state index in [-0.39, 0.29) is 32.2 Å². The van der Waals surface area contributed by atoms with Crippen molar-refractivity contribution in [3.05, 3.63) is 124 Å². The number of carbonyl (C=O) groups is 3. The van der Waals surface area contributed by atoms with E-state index in [4.69, 9.17) is 0 Å². The average molecular weight is 1120 g/mol. The summed E-state index contributed by atoms with van der Waals surface area (Å²) in [5.74, 6) is 1.21. The topological polar surface area (TPSA) is 106 Å². The summed E-state index contributed by atoms with van der Waals surface area (Å²) in [7, 11) is 1.84. The third kappa shape index (κ3) is 15.0. The summed E-state index contributed by atoms with van der Waals surface area (Å²) in [6.45, 7) is 32.1. The number of amides is 3. The minimum Gasteiger partial charge on any atom is -0.350 e. The maximum absolute atomic E-state index is 12.7. The molecule has 82 heavy (non-hydrogen) atoms. The van der Waals surface area contributed by atoms with E-state index in [2.05, 4.69) is 164 Å². The SMILES string of the molecule is CC(C)(C)CCN1CCC2(CC[C@H](N3CCCCC3=O)c3ccccc32)CC1.CC[C@@H](C)CN1CCC2(CC[C@H](NC(C)=O)c3ccccc32)CC1.Cn1cc(C(=O)N[C@H]2CCC3(CCN(CCC(C)(C)C)CC3)c3ccccc32)cn1.[HH].[HH]. The van der Waals surface area contributed by atoms with Crippen LogP contribution in [-0.2, 0) is 32.9 Å². The van der Waals surface area contributed by atoms with Gasteiger partial charge in [0, 0.05) is 42.5 Å². The van der Waals surface area contributed by atoms with Gasteiger partial charge in [0.25, 0.3) is 5.91 Å². The standard InChI is InChI=1S/C25H36N4O.C25H38N2O.C21H32N2O.2H2/c1-24(2,3)11-14-29-15-12-25(13-16-29)10-9-22(20-7-5-6-8-21(20)25)27-23(30)19-17-26-28(4)18-19;1-24(2,3)13-17-26-18-14-25(15-19-26)12-11-22(20-8-4-5-9-21(20)25)27-16-7-6-10-23(27)28;1-4-16(2)15-23-13-11-21(12-14-23)10-9-20(22-17(3)24)18-7-5-6-8-19(18)21;;/h5-8,17-18,22H,9-16H2,1-4H3,(H,27,30);4-5,8-9,22H,6-7,10-19H2,1-3H3;5-8,16,20H,4,9-15H2,1-3H3,(H,22,24);2*1H/t2*22-;16-,20+;;/m001../s1. The highest BCUT2D eigenvalue weighted by Crippen LogP contribution is 2.52. The number of fused-ring (bicyclic) bond motifs is 6. The van der Waals surface area contributed by atoms with Crippen molar-refractivity contribution < 1.29 is 17.2 Å². The Labute approximate surface area is 498 Å². The first-order valence-electron chi connectivity index (χ1n) is 32.5. The summed E-state index contributed by atoms with van der Waals surface area (Å²) in [5.41, 5.74) is 11.0. The number of benzene rings is 3. The highest BCUT2D eigenvalue weighted by molar-refractivity contribution is 5.94. The molecule has 4 saturated heterocycles. The molecule has 4 aromatic rings. The van der Waals surface area contributed by atoms with Crippen molar-refractivity contribution in [3.63, 3.8) is 0 Å². The van der Waals surface area contributed by atoms with Crippen LogP contribution in [0, 0.1) is 16.7 Å². The lowest BCUT2D eigenvalue weighted by Gasteiger charge is -2.49. The second-order valence-corrected chi connectivity index (χ2v) is 29.1. The number of carbonyl (C=O) groups excluding carboxylic acids is 3. The molecule has 0 radical (unpaired) electrons. The van der Waals surface area contributed by atoms with E-state index in [0.717, 1.165) is 57.4 Å². The van der Waals surface area contributed by atoms with Crippen LogP contribution in [-0.4, -0.2) is 113 Å². The van der Waals surface area contributed by atoms with Crippen LogP contribution in [0.15, 0.2) is 85.2 Å². The predicted molar refractivity (Wildman–Crippen MR) is 339 cm³/mol. The monoisotopic (exact) mass is 1120 g/mol. The first-order valence-corrected chi connectivity index (χ1v) is 32.5. The predicted octanol–water partition coefficient (Wildman–Crippen LogP) is 14.3. The molecule has 4 aliphatic heterocycles. The number of hydrogen-bond donors (Lipinski definition) is 2. The Balaban J connectivity index is 0.000000180. The molecular formula is C71H110N8O3. The average Bonchev–Trinajstić information content (AvgIpc) is 3.82. The van der Waals surface area contributed by atoms with Gasteiger partial charge in [0.15, 0.2) is 0 Å². The van der Waals surface area contributed by atoms with Crippen LogP contribution in [0.1, 0.15) is 243 Å². The molecule has 0 bridgehead atoms. The van der Waals surface area contributed by atoms with Crippen molar-refractivity contribution in [3.8, 4) is 0 Å². The largest absolute Gasteiger partial charge is 0.350 e. The highest BCUT2D eigenvalue weighted by atomic mass is 16.2. The van der Waals surface area contributed by atoms with E-state index in [0.29, 0.717) is 39.2 Å². The molecule has 7 aliphatic rings. The normalized spacial score (nSPS) is 23.8. The lowest BCUT2D eigenvalue weighted by molar-refractivity contribution is -0.136. The van der Waals surface area contributed by atoms with Crippen molar-refractivity contribution in [1.82, 2.24) is 40.0 Å². The van der Waals surface area contributed by atoms with Gasteiger partial charge in [-0.25, -0.2) is 0 Å². The summed E-state index contributed by atoms with van der Waals surface area (Å²) in [6.07, 6.45) is 24.5. The highest BCUT2D eigenvalue weighted by Gasteiger charge is 2.46. The number of likely N-dealkylation sites (tertiary alicyclic amines) is 4. The Morgan fingerprint density at radius 2 is 1.07 bits per heavy atom. The van der Waals surface area contributed by atoms with Crippen molar-refractivity contribution in [2.45, 2.75) is 212 Å². The first kappa shape index (κ1) is 61.7. The first-order chi connectivity index (χ1) is 39.2. The molecule has 2 N–H and O–H groups in total. The van der Waals surface area contributed by atoms with E-state index in [1.54, 1.807) is 29.6 Å². The zero-order valence-electron chi connectivity index (χ0n) is 52.6. The summed E-state index contributed by atoms with van der Waals surface area (Å²) >= 11 is 0. The van der Waals surface area contributed by atoms with Crippen molar-refractivity contribution in [2.75, 3.05) is 65.4 Å². The molecule has 3 amide bonds. The van der Waals surface area contributed by atoms with Crippen LogP contribution in [0.25, 0.3) is 0 Å². The number of piperidine rings is 4. The summed E-state index contributed by atoms with van der Waals surface area (Å²) in [5, 5.41) is 10.6. The molecule has 3 spiro atoms. The van der Waals surface area contributed by atoms with Gasteiger partial charge in [-0.1, -0.05) is 135 Å². The number of rotatable bonds is 11. The quantitative estimate of drug-likeness (QED) is 0.154. The molecule has 11 heteroatoms. The number of nitrogens with one attached hydrogen (secondary N) is 2. The maximum Gasteiger partial charge on any atom is 0.254 e. The van der Waals surface area contributed by atoms with Crippen LogP contribution in [0.3, 0.4) is 0 Å². The van der Waals surface area contributed by atoms with Gasteiger partial charge in [-0.3, -0.25) is 19.1 Å². The molecule has 4 fully saturated rings. The van der Waals surface area contributed by atoms with E-state index in [1.165, 1.54) is 157 Å². The van der Waals surface area contributed by atoms with Gasteiger partial charge in [-0.05, 0) is 221 Å². The molecular weight excluding hydrogens is 1010 g/mol. The fourth-order valence-corrected chi connectivity index (χ4v) is 15.5. The zero-order chi connectivity index (χ0) is 58.3. The van der Waals surface area contributed by atoms with Crippen molar-refractivity contribution in [1.29, 1.82) is 0 Å². The Hall–Kier alpha value is -4.84. The van der Waals surface area contributed by atoms with Crippen LogP contribution < -0.4 is 10.6 Å². The molecule has 0 unspecified atom stereocenters. The minimum absolute atomic E-state index is 0. The van der Waals surface area contributed by atoms with Gasteiger partial charge in [0.2, 0.25) is 11.8 Å². The van der Waals surface area contributed by atoms with Crippen LogP contribution >= 0.6 is 0 Å². The fourth-order valence-electron chi connectivity index (χ4n) is 15.5. The number of aryl methyl sites for hydroxylation is 1. The summed E-state index contributed by atoms with van der Waals surface area (Å²) in [6, 6.07) is 27.3. The number of hydrogen-bond acceptors (Lipinski definition) is 7. The van der Waals surface area contributed by atoms with Crippen molar-refractivity contribution >= 4 is 17.7 Å². The fraction of sp³-hybridized carbons (Fsp3) is 0.662. The Morgan fingerprint density at radius 3 is 1.52 bits per heavy atom. The second kappa shape index (κ2) is 26.6. The molecule has 3 aromatic carbocycles. The smallest absolute Gasteiger partial charge is 0.254 e. The molecule has 3 aliphatic carbocycles. The summed E-state index contributed by atoms with van der Waals surface area (Å²) < 4.78 is 1.67. The van der Waals surface area contributed by atoms with Crippen LogP contribution in [0.4, 0.5) is 0 Å². The third-order valence-electron chi connectivity index (χ3n) is 20.9. The summed E-state index contributed by atoms with van der Waals surface area (Å²) in [4.78, 5) is 47.0. The third-order valence-corrected chi connectivity index (χ3v) is 20.9. The van der Waals surface area contributed by atoms with Crippen molar-refractivity contribution in [2.24, 2.45) is 23.8 Å². The molecule has 452 valence electrons. The van der Waals surface area contributed by atoms with Gasteiger partial charge in [0.1, 0.15) is 0 Å². The minimum atomic E-state index is -0.0316. The van der Waals surface area contributed by atoms with Gasteiger partial charge >= 0.3 is 0 Å². The molecule has 4 atom stereocenters. The van der Waals surface area contributed by atoms with E-state index >= 15 is 0 Å². The molecule has 1 aromatic heterocycles. The molecule has 11 nitrogen and oxygen atoms in total. The van der Waals surface area contributed by atoms with Gasteiger partial charge in [-0.15, -0.1) is 0 Å². The van der Waals surface area contributed by atoms with E-state index in [1.807, 2.05) is 7.05 Å². The zero-order valence-corrected chi connectivity index (χ0v) is 52.6.